The van der Waals surface area contributed by atoms with Gasteiger partial charge in [-0.3, -0.25) is 24.3 Å². The Kier molecular flexibility index (Phi) is 5.60. The average Bonchev–Trinajstić information content (AvgIpc) is 3.07. The predicted octanol–water partition coefficient (Wildman–Crippen LogP) is 3.09. The van der Waals surface area contributed by atoms with Crippen molar-refractivity contribution in [3.05, 3.63) is 74.7 Å². The van der Waals surface area contributed by atoms with E-state index in [2.05, 4.69) is 22.1 Å². The number of ether oxygens (including phenoxy) is 1. The number of imide groups is 1. The Morgan fingerprint density at radius 1 is 1.19 bits per heavy atom. The second kappa shape index (κ2) is 8.50. The summed E-state index contributed by atoms with van der Waals surface area (Å²) >= 11 is 0.853. The number of hydrogen-bond donors (Lipinski definition) is 1. The largest absolute Gasteiger partial charge is 0.495 e. The van der Waals surface area contributed by atoms with Crippen molar-refractivity contribution in [1.82, 2.24) is 14.9 Å². The van der Waals surface area contributed by atoms with Crippen molar-refractivity contribution < 1.29 is 14.3 Å². The fourth-order valence-electron chi connectivity index (χ4n) is 3.16. The summed E-state index contributed by atoms with van der Waals surface area (Å²) in [6.45, 7) is 1.94. The van der Waals surface area contributed by atoms with E-state index in [1.54, 1.807) is 56.5 Å². The van der Waals surface area contributed by atoms with Crippen LogP contribution in [-0.2, 0) is 11.3 Å². The second-order valence-corrected chi connectivity index (χ2v) is 7.70. The maximum atomic E-state index is 12.8. The molecule has 31 heavy (non-hydrogen) atoms. The van der Waals surface area contributed by atoms with Crippen molar-refractivity contribution in [2.45, 2.75) is 13.5 Å². The van der Waals surface area contributed by atoms with Gasteiger partial charge >= 0.3 is 0 Å². The van der Waals surface area contributed by atoms with Crippen molar-refractivity contribution in [3.8, 4) is 17.6 Å². The third kappa shape index (κ3) is 4.22. The molecule has 0 aliphatic carbocycles. The van der Waals surface area contributed by atoms with Gasteiger partial charge in [0, 0.05) is 0 Å². The first-order valence-corrected chi connectivity index (χ1v) is 10.2. The summed E-state index contributed by atoms with van der Waals surface area (Å²) in [4.78, 5) is 40.7. The van der Waals surface area contributed by atoms with Crippen LogP contribution in [0.2, 0.25) is 0 Å². The third-order valence-electron chi connectivity index (χ3n) is 4.68. The lowest BCUT2D eigenvalue weighted by Gasteiger charge is -2.07. The smallest absolute Gasteiger partial charge is 0.290 e. The molecule has 1 aromatic heterocycles. The molecule has 0 spiro atoms. The first-order chi connectivity index (χ1) is 15.0. The van der Waals surface area contributed by atoms with E-state index in [0.717, 1.165) is 11.8 Å². The maximum absolute atomic E-state index is 12.8. The Balaban J connectivity index is 1.66. The Morgan fingerprint density at radius 3 is 2.74 bits per heavy atom. The fourth-order valence-corrected chi connectivity index (χ4v) is 3.85. The molecule has 7 nitrogen and oxygen atoms in total. The molecule has 1 aliphatic heterocycles. The molecule has 3 aromatic rings. The van der Waals surface area contributed by atoms with Gasteiger partial charge < -0.3 is 4.74 Å². The molecule has 154 valence electrons. The third-order valence-corrected chi connectivity index (χ3v) is 5.49. The van der Waals surface area contributed by atoms with E-state index in [1.165, 1.54) is 4.57 Å². The van der Waals surface area contributed by atoms with Gasteiger partial charge in [-0.1, -0.05) is 30.0 Å². The number of benzene rings is 2. The molecule has 1 N–H and O–H groups in total. The van der Waals surface area contributed by atoms with E-state index in [4.69, 9.17) is 4.74 Å². The second-order valence-electron chi connectivity index (χ2n) is 6.68. The van der Waals surface area contributed by atoms with Gasteiger partial charge in [-0.15, -0.1) is 0 Å². The van der Waals surface area contributed by atoms with Crippen molar-refractivity contribution in [1.29, 1.82) is 0 Å². The summed E-state index contributed by atoms with van der Waals surface area (Å²) in [5.41, 5.74) is 1.82. The zero-order valence-electron chi connectivity index (χ0n) is 16.8. The number of carbonyl (C=O) groups is 2. The van der Waals surface area contributed by atoms with Crippen LogP contribution in [0.25, 0.3) is 17.0 Å². The lowest BCUT2D eigenvalue weighted by atomic mass is 10.1. The van der Waals surface area contributed by atoms with Gasteiger partial charge in [0.2, 0.25) is 0 Å². The van der Waals surface area contributed by atoms with Gasteiger partial charge in [0.25, 0.3) is 16.7 Å². The standard InChI is InChI=1S/C23H17N3O4S/c1-14-24-18-8-4-3-7-17(18)22(28)26(14)11-5-6-16-12-15(9-10-19(16)30-2)13-20-21(27)25-23(29)31-20/h3-4,7-10,12-13H,11H2,1-2H3,(H,25,27,29)/b20-13-. The van der Waals surface area contributed by atoms with Gasteiger partial charge in [-0.05, 0) is 54.6 Å². The lowest BCUT2D eigenvalue weighted by Crippen LogP contribution is -2.23. The quantitative estimate of drug-likeness (QED) is 0.506. The van der Waals surface area contributed by atoms with E-state index < -0.39 is 11.1 Å². The van der Waals surface area contributed by atoms with Crippen molar-refractivity contribution in [2.75, 3.05) is 7.11 Å². The topological polar surface area (TPSA) is 90.3 Å². The minimum Gasteiger partial charge on any atom is -0.495 e. The van der Waals surface area contributed by atoms with Crippen LogP contribution >= 0.6 is 11.8 Å². The summed E-state index contributed by atoms with van der Waals surface area (Å²) in [5.74, 6) is 6.77. The van der Waals surface area contributed by atoms with Crippen LogP contribution in [0.3, 0.4) is 0 Å². The Labute approximate surface area is 182 Å². The number of para-hydroxylation sites is 1. The molecule has 0 bridgehead atoms. The predicted molar refractivity (Wildman–Crippen MR) is 120 cm³/mol. The highest BCUT2D eigenvalue weighted by molar-refractivity contribution is 8.18. The van der Waals surface area contributed by atoms with Crippen molar-refractivity contribution in [3.63, 3.8) is 0 Å². The number of nitrogens with one attached hydrogen (secondary N) is 1. The summed E-state index contributed by atoms with van der Waals surface area (Å²) < 4.78 is 6.90. The fraction of sp³-hybridized carbons (Fsp3) is 0.130. The summed E-state index contributed by atoms with van der Waals surface area (Å²) in [6.07, 6.45) is 1.62. The van der Waals surface area contributed by atoms with Gasteiger partial charge in [0.05, 0.1) is 35.0 Å². The number of rotatable bonds is 3. The van der Waals surface area contributed by atoms with Crippen molar-refractivity contribution in [2.24, 2.45) is 0 Å². The lowest BCUT2D eigenvalue weighted by molar-refractivity contribution is -0.115. The number of amides is 2. The molecule has 0 radical (unpaired) electrons. The highest BCUT2D eigenvalue weighted by atomic mass is 32.2. The minimum atomic E-state index is -0.419. The molecule has 0 unspecified atom stereocenters. The summed E-state index contributed by atoms with van der Waals surface area (Å²) in [6, 6.07) is 12.5. The zero-order chi connectivity index (χ0) is 22.0. The van der Waals surface area contributed by atoms with Crippen LogP contribution in [0.15, 0.2) is 52.2 Å². The zero-order valence-corrected chi connectivity index (χ0v) is 17.6. The molecule has 0 atom stereocenters. The number of carbonyl (C=O) groups excluding carboxylic acids is 2. The van der Waals surface area contributed by atoms with Crippen LogP contribution in [0.4, 0.5) is 4.79 Å². The SMILES string of the molecule is COc1ccc(/C=C2\SC(=O)NC2=O)cc1C#CCn1c(C)nc2ccccc2c1=O. The summed E-state index contributed by atoms with van der Waals surface area (Å²) in [7, 11) is 1.54. The van der Waals surface area contributed by atoms with E-state index in [9.17, 15) is 14.4 Å². The molecule has 8 heteroatoms. The Bertz CT molecular complexity index is 1380. The molecule has 2 heterocycles. The number of aryl methyl sites for hydroxylation is 1. The first-order valence-electron chi connectivity index (χ1n) is 9.34. The Hall–Kier alpha value is -3.83. The van der Waals surface area contributed by atoms with E-state index >= 15 is 0 Å². The molecule has 2 aromatic carbocycles. The monoisotopic (exact) mass is 431 g/mol. The maximum Gasteiger partial charge on any atom is 0.290 e. The molecule has 2 amide bonds. The molecule has 0 saturated carbocycles. The highest BCUT2D eigenvalue weighted by Gasteiger charge is 2.24. The molecule has 1 saturated heterocycles. The highest BCUT2D eigenvalue weighted by Crippen LogP contribution is 2.27. The van der Waals surface area contributed by atoms with Crippen molar-refractivity contribution >= 4 is 39.9 Å². The number of nitrogens with zero attached hydrogens (tertiary/aromatic N) is 2. The van der Waals surface area contributed by atoms with Crippen LogP contribution in [0.5, 0.6) is 5.75 Å². The van der Waals surface area contributed by atoms with E-state index in [1.807, 2.05) is 6.07 Å². The van der Waals surface area contributed by atoms with Crippen LogP contribution in [0.1, 0.15) is 17.0 Å². The van der Waals surface area contributed by atoms with E-state index in [0.29, 0.717) is 38.5 Å². The number of aromatic nitrogens is 2. The van der Waals surface area contributed by atoms with Gasteiger partial charge in [-0.2, -0.15) is 0 Å². The minimum absolute atomic E-state index is 0.142. The molecule has 1 aliphatic rings. The van der Waals surface area contributed by atoms with Gasteiger partial charge in [0.15, 0.2) is 0 Å². The molecule has 1 fully saturated rings. The van der Waals surface area contributed by atoms with Crippen LogP contribution in [0, 0.1) is 18.8 Å². The number of fused-ring (bicyclic) bond motifs is 1. The van der Waals surface area contributed by atoms with Crippen LogP contribution < -0.4 is 15.6 Å². The Morgan fingerprint density at radius 2 is 2.00 bits per heavy atom. The summed E-state index contributed by atoms with van der Waals surface area (Å²) in [5, 5.41) is 2.38. The molecular weight excluding hydrogens is 414 g/mol. The van der Waals surface area contributed by atoms with E-state index in [-0.39, 0.29) is 12.1 Å². The molecule has 4 rings (SSSR count). The average molecular weight is 431 g/mol. The van der Waals surface area contributed by atoms with Gasteiger partial charge in [-0.25, -0.2) is 4.98 Å². The number of thioether (sulfide) groups is 1. The normalized spacial score (nSPS) is 14.5. The first kappa shape index (κ1) is 20.4. The number of hydrogen-bond acceptors (Lipinski definition) is 6. The van der Waals surface area contributed by atoms with Crippen LogP contribution in [-0.4, -0.2) is 27.8 Å². The molecular formula is C23H17N3O4S. The number of methoxy groups -OCH3 is 1. The van der Waals surface area contributed by atoms with Gasteiger partial charge in [0.1, 0.15) is 11.6 Å².